The molecule has 0 atom stereocenters. The minimum Gasteiger partial charge on any atom is -0.478 e. The third kappa shape index (κ3) is 4.82. The van der Waals surface area contributed by atoms with E-state index in [0.29, 0.717) is 17.3 Å². The first-order valence-electron chi connectivity index (χ1n) is 10.2. The molecule has 1 aliphatic rings. The fourth-order valence-electron chi connectivity index (χ4n) is 4.02. The highest BCUT2D eigenvalue weighted by atomic mass is 32.1. The van der Waals surface area contributed by atoms with Crippen LogP contribution in [0.1, 0.15) is 69.2 Å². The predicted molar refractivity (Wildman–Crippen MR) is 115 cm³/mol. The third-order valence-electron chi connectivity index (χ3n) is 5.50. The fraction of sp³-hybridized carbons (Fsp3) is 0.478. The summed E-state index contributed by atoms with van der Waals surface area (Å²) in [6.45, 7) is 3.90. The average molecular weight is 400 g/mol. The molecule has 2 aromatic rings. The first-order valence-corrected chi connectivity index (χ1v) is 11.0. The molecule has 5 heteroatoms. The van der Waals surface area contributed by atoms with E-state index in [9.17, 15) is 14.7 Å². The van der Waals surface area contributed by atoms with E-state index in [2.05, 4.69) is 0 Å². The van der Waals surface area contributed by atoms with Gasteiger partial charge in [0.05, 0.1) is 5.56 Å². The molecule has 3 rings (SSSR count). The van der Waals surface area contributed by atoms with E-state index in [0.717, 1.165) is 16.9 Å². The van der Waals surface area contributed by atoms with E-state index < -0.39 is 5.97 Å². The molecule has 150 valence electrons. The van der Waals surface area contributed by atoms with Gasteiger partial charge in [-0.25, -0.2) is 4.79 Å². The van der Waals surface area contributed by atoms with Gasteiger partial charge in [-0.15, -0.1) is 11.3 Å². The summed E-state index contributed by atoms with van der Waals surface area (Å²) in [5, 5.41) is 10.3. The van der Waals surface area contributed by atoms with Crippen molar-refractivity contribution < 1.29 is 14.7 Å². The maximum atomic E-state index is 13.1. The Balaban J connectivity index is 1.85. The van der Waals surface area contributed by atoms with E-state index in [1.807, 2.05) is 44.2 Å². The van der Waals surface area contributed by atoms with Crippen molar-refractivity contribution in [2.45, 2.75) is 64.8 Å². The Labute approximate surface area is 171 Å². The molecular formula is C23H29NO3S. The Bertz CT molecular complexity index is 807. The van der Waals surface area contributed by atoms with Crippen LogP contribution >= 0.6 is 11.3 Å². The SMILES string of the molecule is CC(C)N(C(=O)CCC1CCCCC1)c1sc(-c2ccccc2)cc1C(=O)O. The molecule has 28 heavy (non-hydrogen) atoms. The quantitative estimate of drug-likeness (QED) is 0.602. The second-order valence-electron chi connectivity index (χ2n) is 7.90. The van der Waals surface area contributed by atoms with Gasteiger partial charge in [0.1, 0.15) is 5.00 Å². The lowest BCUT2D eigenvalue weighted by atomic mass is 9.86. The lowest BCUT2D eigenvalue weighted by Gasteiger charge is -2.28. The summed E-state index contributed by atoms with van der Waals surface area (Å²) in [5.41, 5.74) is 1.18. The van der Waals surface area contributed by atoms with Crippen molar-refractivity contribution in [3.8, 4) is 10.4 Å². The summed E-state index contributed by atoms with van der Waals surface area (Å²) in [7, 11) is 0. The molecule has 0 spiro atoms. The molecule has 0 saturated heterocycles. The van der Waals surface area contributed by atoms with Crippen molar-refractivity contribution in [3.05, 3.63) is 42.0 Å². The Hall–Kier alpha value is -2.14. The van der Waals surface area contributed by atoms with Crippen molar-refractivity contribution >= 4 is 28.2 Å². The van der Waals surface area contributed by atoms with Gasteiger partial charge in [0.2, 0.25) is 5.91 Å². The van der Waals surface area contributed by atoms with Crippen molar-refractivity contribution in [3.63, 3.8) is 0 Å². The minimum absolute atomic E-state index is 0.0320. The summed E-state index contributed by atoms with van der Waals surface area (Å²) in [4.78, 5) is 27.5. The maximum absolute atomic E-state index is 13.1. The zero-order chi connectivity index (χ0) is 20.1. The number of anilines is 1. The molecule has 1 N–H and O–H groups in total. The molecule has 1 aromatic heterocycles. The highest BCUT2D eigenvalue weighted by Gasteiger charge is 2.28. The largest absolute Gasteiger partial charge is 0.478 e. The fourth-order valence-corrected chi connectivity index (χ4v) is 5.32. The highest BCUT2D eigenvalue weighted by molar-refractivity contribution is 7.20. The van der Waals surface area contributed by atoms with Gasteiger partial charge in [-0.1, -0.05) is 62.4 Å². The minimum atomic E-state index is -0.987. The molecule has 1 saturated carbocycles. The second kappa shape index (κ2) is 9.37. The number of carbonyl (C=O) groups excluding carboxylic acids is 1. The number of aromatic carboxylic acids is 1. The molecular weight excluding hydrogens is 370 g/mol. The Morgan fingerprint density at radius 2 is 1.82 bits per heavy atom. The lowest BCUT2D eigenvalue weighted by Crippen LogP contribution is -2.37. The molecule has 1 aliphatic carbocycles. The van der Waals surface area contributed by atoms with Crippen LogP contribution in [0.15, 0.2) is 36.4 Å². The van der Waals surface area contributed by atoms with Crippen LogP contribution < -0.4 is 4.90 Å². The average Bonchev–Trinajstić information content (AvgIpc) is 3.13. The number of carboxylic acids is 1. The van der Waals surface area contributed by atoms with Crippen LogP contribution in [0.25, 0.3) is 10.4 Å². The molecule has 0 bridgehead atoms. The van der Waals surface area contributed by atoms with Gasteiger partial charge in [-0.05, 0) is 37.8 Å². The number of hydrogen-bond donors (Lipinski definition) is 1. The Morgan fingerprint density at radius 1 is 1.14 bits per heavy atom. The number of carbonyl (C=O) groups is 2. The van der Waals surface area contributed by atoms with Crippen molar-refractivity contribution in [1.82, 2.24) is 0 Å². The third-order valence-corrected chi connectivity index (χ3v) is 6.68. The van der Waals surface area contributed by atoms with Crippen molar-refractivity contribution in [2.24, 2.45) is 5.92 Å². The summed E-state index contributed by atoms with van der Waals surface area (Å²) in [5.74, 6) is -0.322. The van der Waals surface area contributed by atoms with E-state index in [-0.39, 0.29) is 17.5 Å². The molecule has 4 nitrogen and oxygen atoms in total. The number of hydrogen-bond acceptors (Lipinski definition) is 3. The second-order valence-corrected chi connectivity index (χ2v) is 8.93. The monoisotopic (exact) mass is 399 g/mol. The van der Waals surface area contributed by atoms with Gasteiger partial charge in [-0.2, -0.15) is 0 Å². The lowest BCUT2D eigenvalue weighted by molar-refractivity contribution is -0.119. The normalized spacial score (nSPS) is 15.0. The van der Waals surface area contributed by atoms with Gasteiger partial charge < -0.3 is 10.0 Å². The molecule has 0 unspecified atom stereocenters. The number of benzene rings is 1. The van der Waals surface area contributed by atoms with Gasteiger partial charge in [0, 0.05) is 17.3 Å². The van der Waals surface area contributed by atoms with Gasteiger partial charge in [0.15, 0.2) is 0 Å². The number of nitrogens with zero attached hydrogens (tertiary/aromatic N) is 1. The smallest absolute Gasteiger partial charge is 0.338 e. The van der Waals surface area contributed by atoms with Crippen LogP contribution in [-0.2, 0) is 4.79 Å². The first kappa shape index (κ1) is 20.6. The highest BCUT2D eigenvalue weighted by Crippen LogP contribution is 2.39. The molecule has 1 amide bonds. The van der Waals surface area contributed by atoms with E-state index in [4.69, 9.17) is 0 Å². The summed E-state index contributed by atoms with van der Waals surface area (Å²) >= 11 is 1.39. The number of rotatable bonds is 7. The summed E-state index contributed by atoms with van der Waals surface area (Å²) < 4.78 is 0. The predicted octanol–water partition coefficient (Wildman–Crippen LogP) is 6.22. The zero-order valence-electron chi connectivity index (χ0n) is 16.7. The number of carboxylic acid groups (broad SMARTS) is 1. The van der Waals surface area contributed by atoms with E-state index in [1.54, 1.807) is 11.0 Å². The maximum Gasteiger partial charge on any atom is 0.338 e. The van der Waals surface area contributed by atoms with Crippen molar-refractivity contribution in [2.75, 3.05) is 4.90 Å². The van der Waals surface area contributed by atoms with Gasteiger partial charge >= 0.3 is 5.97 Å². The number of amides is 1. The van der Waals surface area contributed by atoms with Gasteiger partial charge in [-0.3, -0.25) is 4.79 Å². The van der Waals surface area contributed by atoms with Gasteiger partial charge in [0.25, 0.3) is 0 Å². The molecule has 0 radical (unpaired) electrons. The zero-order valence-corrected chi connectivity index (χ0v) is 17.5. The van der Waals surface area contributed by atoms with E-state index in [1.165, 1.54) is 43.4 Å². The number of thiophene rings is 1. The first-order chi connectivity index (χ1) is 13.5. The standard InChI is InChI=1S/C23H29NO3S/c1-16(2)24(21(25)14-13-17-9-5-3-6-10-17)22-19(23(26)27)15-20(28-22)18-11-7-4-8-12-18/h4,7-8,11-12,15-17H,3,5-6,9-10,13-14H2,1-2H3,(H,26,27). The van der Waals surface area contributed by atoms with Crippen molar-refractivity contribution in [1.29, 1.82) is 0 Å². The van der Waals surface area contributed by atoms with E-state index >= 15 is 0 Å². The van der Waals surface area contributed by atoms with Crippen LogP contribution in [0.5, 0.6) is 0 Å². The van der Waals surface area contributed by atoms with Crippen LogP contribution in [0, 0.1) is 5.92 Å². The Kier molecular flexibility index (Phi) is 6.89. The van der Waals surface area contributed by atoms with Crippen LogP contribution in [0.2, 0.25) is 0 Å². The molecule has 0 aliphatic heterocycles. The van der Waals surface area contributed by atoms with Crippen LogP contribution in [0.4, 0.5) is 5.00 Å². The summed E-state index contributed by atoms with van der Waals surface area (Å²) in [6.07, 6.45) is 7.66. The van der Waals surface area contributed by atoms with Crippen LogP contribution in [-0.4, -0.2) is 23.0 Å². The topological polar surface area (TPSA) is 57.6 Å². The molecule has 1 aromatic carbocycles. The molecule has 1 fully saturated rings. The Morgan fingerprint density at radius 3 is 2.43 bits per heavy atom. The van der Waals surface area contributed by atoms with Crippen LogP contribution in [0.3, 0.4) is 0 Å². The molecule has 1 heterocycles. The summed E-state index contributed by atoms with van der Waals surface area (Å²) in [6, 6.07) is 11.3.